The first-order valence-corrected chi connectivity index (χ1v) is 9.44. The highest BCUT2D eigenvalue weighted by Gasteiger charge is 2.20. The Kier molecular flexibility index (Phi) is 9.71. The number of nitrogens with one attached hydrogen (secondary N) is 1. The van der Waals surface area contributed by atoms with E-state index in [0.717, 1.165) is 27.8 Å². The molecule has 0 fully saturated rings. The summed E-state index contributed by atoms with van der Waals surface area (Å²) in [5, 5.41) is 42.6. The highest BCUT2D eigenvalue weighted by Crippen LogP contribution is 2.28. The maximum atomic E-state index is 10.0. The van der Waals surface area contributed by atoms with E-state index in [1.165, 1.54) is 0 Å². The van der Waals surface area contributed by atoms with Gasteiger partial charge in [-0.1, -0.05) is 6.07 Å². The van der Waals surface area contributed by atoms with Gasteiger partial charge in [0, 0.05) is 19.6 Å². The van der Waals surface area contributed by atoms with Gasteiger partial charge in [-0.25, -0.2) is 0 Å². The van der Waals surface area contributed by atoms with Crippen LogP contribution >= 0.6 is 0 Å². The van der Waals surface area contributed by atoms with Crippen LogP contribution in [0.15, 0.2) is 6.07 Å². The SMILES string of the molecule is CC(O)CNCc1c(CC(C)O)c(CN)cc(CC(C)O)c1CC(C)O. The van der Waals surface area contributed by atoms with Crippen molar-refractivity contribution in [3.05, 3.63) is 33.9 Å². The lowest BCUT2D eigenvalue weighted by Gasteiger charge is -2.25. The van der Waals surface area contributed by atoms with E-state index in [9.17, 15) is 20.4 Å². The minimum Gasteiger partial charge on any atom is -0.393 e. The summed E-state index contributed by atoms with van der Waals surface area (Å²) in [6.07, 6.45) is -0.600. The van der Waals surface area contributed by atoms with E-state index in [-0.39, 0.29) is 0 Å². The van der Waals surface area contributed by atoms with Crippen LogP contribution < -0.4 is 11.1 Å². The van der Waals surface area contributed by atoms with Crippen molar-refractivity contribution < 1.29 is 20.4 Å². The first kappa shape index (κ1) is 23.0. The van der Waals surface area contributed by atoms with Crippen molar-refractivity contribution >= 4 is 0 Å². The lowest BCUT2D eigenvalue weighted by molar-refractivity contribution is 0.186. The van der Waals surface area contributed by atoms with Crippen molar-refractivity contribution in [1.29, 1.82) is 0 Å². The van der Waals surface area contributed by atoms with Gasteiger partial charge in [0.2, 0.25) is 0 Å². The van der Waals surface area contributed by atoms with Gasteiger partial charge in [-0.15, -0.1) is 0 Å². The van der Waals surface area contributed by atoms with Crippen molar-refractivity contribution in [3.63, 3.8) is 0 Å². The molecule has 0 radical (unpaired) electrons. The minimum atomic E-state index is -0.526. The van der Waals surface area contributed by atoms with Crippen molar-refractivity contribution in [1.82, 2.24) is 5.32 Å². The Bertz CT molecular complexity index is 557. The van der Waals surface area contributed by atoms with E-state index in [2.05, 4.69) is 5.32 Å². The Balaban J connectivity index is 3.48. The second-order valence-electron chi connectivity index (χ2n) is 7.47. The van der Waals surface area contributed by atoms with Gasteiger partial charge in [0.1, 0.15) is 0 Å². The first-order valence-electron chi connectivity index (χ1n) is 9.44. The molecule has 0 heterocycles. The molecule has 0 bridgehead atoms. The van der Waals surface area contributed by atoms with Crippen LogP contribution in [0.1, 0.15) is 55.5 Å². The van der Waals surface area contributed by atoms with Gasteiger partial charge < -0.3 is 31.5 Å². The van der Waals surface area contributed by atoms with Gasteiger partial charge >= 0.3 is 0 Å². The molecule has 150 valence electrons. The molecule has 6 nitrogen and oxygen atoms in total. The summed E-state index contributed by atoms with van der Waals surface area (Å²) in [5.41, 5.74) is 10.9. The van der Waals surface area contributed by atoms with Crippen LogP contribution in [0.5, 0.6) is 0 Å². The minimum absolute atomic E-state index is 0.341. The summed E-state index contributed by atoms with van der Waals surface area (Å²) in [4.78, 5) is 0. The van der Waals surface area contributed by atoms with Crippen molar-refractivity contribution in [3.8, 4) is 0 Å². The molecule has 0 spiro atoms. The molecule has 0 aliphatic heterocycles. The Morgan fingerprint density at radius 1 is 0.769 bits per heavy atom. The zero-order chi connectivity index (χ0) is 19.9. The molecule has 0 saturated heterocycles. The predicted octanol–water partition coefficient (Wildman–Crippen LogP) is 0.386. The molecule has 1 aromatic carbocycles. The van der Waals surface area contributed by atoms with Gasteiger partial charge in [0.05, 0.1) is 24.4 Å². The Morgan fingerprint density at radius 3 is 1.69 bits per heavy atom. The fourth-order valence-corrected chi connectivity index (χ4v) is 3.36. The number of benzene rings is 1. The van der Waals surface area contributed by atoms with Gasteiger partial charge in [-0.05, 0) is 74.8 Å². The molecule has 4 atom stereocenters. The summed E-state index contributed by atoms with van der Waals surface area (Å²) >= 11 is 0. The fourth-order valence-electron chi connectivity index (χ4n) is 3.36. The summed E-state index contributed by atoms with van der Waals surface area (Å²) < 4.78 is 0. The van der Waals surface area contributed by atoms with E-state index >= 15 is 0 Å². The largest absolute Gasteiger partial charge is 0.393 e. The standard InChI is InChI=1S/C20H36N2O4/c1-12(23)5-16-8-17(9-21)19(7-14(3)25)20(11-22-10-15(4)26)18(16)6-13(2)24/h8,12-15,22-26H,5-7,9-11,21H2,1-4H3. The lowest BCUT2D eigenvalue weighted by Crippen LogP contribution is -2.27. The number of hydrogen-bond donors (Lipinski definition) is 6. The van der Waals surface area contributed by atoms with Crippen molar-refractivity contribution in [2.75, 3.05) is 6.54 Å². The zero-order valence-electron chi connectivity index (χ0n) is 16.5. The topological polar surface area (TPSA) is 119 Å². The molecular weight excluding hydrogens is 332 g/mol. The first-order chi connectivity index (χ1) is 12.1. The van der Waals surface area contributed by atoms with Crippen LogP contribution in [-0.4, -0.2) is 51.4 Å². The quantitative estimate of drug-likeness (QED) is 0.336. The second-order valence-corrected chi connectivity index (χ2v) is 7.47. The molecule has 4 unspecified atom stereocenters. The highest BCUT2D eigenvalue weighted by molar-refractivity contribution is 5.47. The molecule has 6 heteroatoms. The lowest BCUT2D eigenvalue weighted by atomic mass is 9.84. The third kappa shape index (κ3) is 7.31. The number of rotatable bonds is 11. The average molecular weight is 369 g/mol. The molecule has 7 N–H and O–H groups in total. The third-order valence-electron chi connectivity index (χ3n) is 4.33. The Hall–Kier alpha value is -1.02. The summed E-state index contributed by atoms with van der Waals surface area (Å²) in [5.74, 6) is 0. The summed E-state index contributed by atoms with van der Waals surface area (Å²) in [7, 11) is 0. The molecule has 0 amide bonds. The van der Waals surface area contributed by atoms with E-state index in [1.807, 2.05) is 6.07 Å². The molecule has 1 aromatic rings. The summed E-state index contributed by atoms with van der Waals surface area (Å²) in [6, 6.07) is 2.00. The third-order valence-corrected chi connectivity index (χ3v) is 4.33. The van der Waals surface area contributed by atoms with Gasteiger partial charge in [0.25, 0.3) is 0 Å². The number of nitrogens with two attached hydrogens (primary N) is 1. The maximum Gasteiger partial charge on any atom is 0.0636 e. The second kappa shape index (κ2) is 11.0. The Labute approximate surface area is 157 Å². The highest BCUT2D eigenvalue weighted by atomic mass is 16.3. The van der Waals surface area contributed by atoms with Crippen LogP contribution in [-0.2, 0) is 32.4 Å². The van der Waals surface area contributed by atoms with Crippen molar-refractivity contribution in [2.24, 2.45) is 5.73 Å². The van der Waals surface area contributed by atoms with Crippen LogP contribution in [0, 0.1) is 0 Å². The Morgan fingerprint density at radius 2 is 1.27 bits per heavy atom. The van der Waals surface area contributed by atoms with Crippen LogP contribution in [0.3, 0.4) is 0 Å². The number of hydrogen-bond acceptors (Lipinski definition) is 6. The molecule has 0 saturated carbocycles. The number of aliphatic hydroxyl groups is 4. The monoisotopic (exact) mass is 368 g/mol. The van der Waals surface area contributed by atoms with Crippen molar-refractivity contribution in [2.45, 2.75) is 84.5 Å². The van der Waals surface area contributed by atoms with Crippen LogP contribution in [0.2, 0.25) is 0 Å². The van der Waals surface area contributed by atoms with E-state index in [4.69, 9.17) is 5.73 Å². The van der Waals surface area contributed by atoms with E-state index in [0.29, 0.717) is 38.9 Å². The van der Waals surface area contributed by atoms with E-state index in [1.54, 1.807) is 27.7 Å². The maximum absolute atomic E-state index is 10.0. The molecular formula is C20H36N2O4. The fraction of sp³-hybridized carbons (Fsp3) is 0.700. The zero-order valence-corrected chi connectivity index (χ0v) is 16.5. The average Bonchev–Trinajstić information content (AvgIpc) is 2.50. The summed E-state index contributed by atoms with van der Waals surface area (Å²) in [6.45, 7) is 8.23. The molecule has 0 aliphatic rings. The number of aliphatic hydroxyl groups excluding tert-OH is 4. The van der Waals surface area contributed by atoms with Gasteiger partial charge in [-0.3, -0.25) is 0 Å². The van der Waals surface area contributed by atoms with Gasteiger partial charge in [-0.2, -0.15) is 0 Å². The van der Waals surface area contributed by atoms with Crippen LogP contribution in [0.25, 0.3) is 0 Å². The van der Waals surface area contributed by atoms with Gasteiger partial charge in [0.15, 0.2) is 0 Å². The molecule has 26 heavy (non-hydrogen) atoms. The smallest absolute Gasteiger partial charge is 0.0636 e. The predicted molar refractivity (Wildman–Crippen MR) is 104 cm³/mol. The molecule has 1 rings (SSSR count). The van der Waals surface area contributed by atoms with Crippen LogP contribution in [0.4, 0.5) is 0 Å². The normalized spacial score (nSPS) is 16.3. The van der Waals surface area contributed by atoms with E-state index < -0.39 is 24.4 Å². The molecule has 0 aromatic heterocycles. The molecule has 0 aliphatic carbocycles.